The molecule has 1 aliphatic carbocycles. The second-order valence-electron chi connectivity index (χ2n) is 7.26. The summed E-state index contributed by atoms with van der Waals surface area (Å²) in [5.41, 5.74) is 2.49. The molecule has 1 heterocycles. The number of phenolic OH excluding ortho intramolecular Hbond substituents is 1. The first-order valence-electron chi connectivity index (χ1n) is 9.58. The molecule has 1 aromatic carbocycles. The van der Waals surface area contributed by atoms with Gasteiger partial charge in [0.2, 0.25) is 5.91 Å². The molecule has 0 aromatic heterocycles. The van der Waals surface area contributed by atoms with Crippen LogP contribution in [0.2, 0.25) is 0 Å². The quantitative estimate of drug-likeness (QED) is 0.700. The first-order chi connectivity index (χ1) is 13.4. The number of amides is 1. The van der Waals surface area contributed by atoms with E-state index < -0.39 is 6.10 Å². The number of benzene rings is 1. The summed E-state index contributed by atoms with van der Waals surface area (Å²) >= 11 is 0. The molecular formula is C23H26FNO3. The number of rotatable bonds is 6. The lowest BCUT2D eigenvalue weighted by atomic mass is 9.78. The minimum atomic E-state index is -0.747. The van der Waals surface area contributed by atoms with Crippen molar-refractivity contribution >= 4 is 5.91 Å². The third-order valence-electron chi connectivity index (χ3n) is 5.46. The van der Waals surface area contributed by atoms with Crippen LogP contribution in [0.15, 0.2) is 71.7 Å². The van der Waals surface area contributed by atoms with Gasteiger partial charge in [0, 0.05) is 12.1 Å². The number of carbonyl (C=O) groups is 1. The number of nitrogens with zero attached hydrogens (tertiary/aromatic N) is 1. The first-order valence-corrected chi connectivity index (χ1v) is 9.58. The molecule has 28 heavy (non-hydrogen) atoms. The van der Waals surface area contributed by atoms with Crippen molar-refractivity contribution in [3.63, 3.8) is 0 Å². The van der Waals surface area contributed by atoms with Crippen LogP contribution >= 0.6 is 0 Å². The van der Waals surface area contributed by atoms with E-state index in [-0.39, 0.29) is 35.9 Å². The maximum atomic E-state index is 13.3. The Morgan fingerprint density at radius 2 is 2.04 bits per heavy atom. The van der Waals surface area contributed by atoms with E-state index in [4.69, 9.17) is 0 Å². The molecule has 3 atom stereocenters. The highest BCUT2D eigenvalue weighted by molar-refractivity contribution is 5.88. The van der Waals surface area contributed by atoms with Crippen molar-refractivity contribution < 1.29 is 19.4 Å². The SMILES string of the molecule is CC=C(C)N1C(=O)C(CCC(O)C2=CC=C(F)CC=C2)C1c1ccc(O)cc1. The molecule has 148 valence electrons. The van der Waals surface area contributed by atoms with Crippen LogP contribution in [0.5, 0.6) is 5.75 Å². The molecule has 2 N–H and O–H groups in total. The Balaban J connectivity index is 1.74. The lowest BCUT2D eigenvalue weighted by Gasteiger charge is -2.48. The third-order valence-corrected chi connectivity index (χ3v) is 5.46. The monoisotopic (exact) mass is 383 g/mol. The smallest absolute Gasteiger partial charge is 0.232 e. The Morgan fingerprint density at radius 1 is 1.32 bits per heavy atom. The minimum absolute atomic E-state index is 0.0391. The number of aliphatic hydroxyl groups excluding tert-OH is 1. The molecule has 1 saturated heterocycles. The van der Waals surface area contributed by atoms with E-state index in [1.54, 1.807) is 35.3 Å². The van der Waals surface area contributed by atoms with Gasteiger partial charge in [-0.15, -0.1) is 0 Å². The van der Waals surface area contributed by atoms with Gasteiger partial charge in [-0.05, 0) is 56.0 Å². The van der Waals surface area contributed by atoms with Crippen LogP contribution in [-0.4, -0.2) is 27.1 Å². The van der Waals surface area contributed by atoms with Gasteiger partial charge in [0.1, 0.15) is 11.6 Å². The summed E-state index contributed by atoms with van der Waals surface area (Å²) in [6, 6.07) is 6.78. The van der Waals surface area contributed by atoms with Gasteiger partial charge < -0.3 is 15.1 Å². The average Bonchev–Trinajstić information content (AvgIpc) is 2.91. The van der Waals surface area contributed by atoms with Crippen molar-refractivity contribution in [2.24, 2.45) is 5.92 Å². The highest BCUT2D eigenvalue weighted by Gasteiger charge is 2.48. The highest BCUT2D eigenvalue weighted by atomic mass is 19.1. The van der Waals surface area contributed by atoms with Crippen molar-refractivity contribution in [3.05, 3.63) is 77.3 Å². The Hall–Kier alpha value is -2.66. The number of hydrogen-bond acceptors (Lipinski definition) is 3. The average molecular weight is 383 g/mol. The van der Waals surface area contributed by atoms with Crippen LogP contribution in [0.25, 0.3) is 0 Å². The molecule has 5 heteroatoms. The second-order valence-corrected chi connectivity index (χ2v) is 7.26. The Morgan fingerprint density at radius 3 is 2.71 bits per heavy atom. The molecule has 1 aliphatic heterocycles. The maximum Gasteiger partial charge on any atom is 0.232 e. The number of aliphatic hydroxyl groups is 1. The fourth-order valence-electron chi connectivity index (χ4n) is 3.76. The number of hydrogen-bond donors (Lipinski definition) is 2. The molecule has 4 nitrogen and oxygen atoms in total. The van der Waals surface area contributed by atoms with Crippen LogP contribution in [-0.2, 0) is 4.79 Å². The van der Waals surface area contributed by atoms with Crippen molar-refractivity contribution in [2.75, 3.05) is 0 Å². The molecule has 1 aromatic rings. The lowest BCUT2D eigenvalue weighted by molar-refractivity contribution is -0.153. The van der Waals surface area contributed by atoms with Crippen molar-refractivity contribution in [1.29, 1.82) is 0 Å². The number of carbonyl (C=O) groups excluding carboxylic acids is 1. The van der Waals surface area contributed by atoms with Gasteiger partial charge in [-0.3, -0.25) is 4.79 Å². The molecule has 0 spiro atoms. The minimum Gasteiger partial charge on any atom is -0.508 e. The summed E-state index contributed by atoms with van der Waals surface area (Å²) < 4.78 is 13.3. The van der Waals surface area contributed by atoms with E-state index in [1.807, 2.05) is 32.1 Å². The van der Waals surface area contributed by atoms with E-state index in [1.165, 1.54) is 6.08 Å². The molecule has 3 rings (SSSR count). The van der Waals surface area contributed by atoms with E-state index in [0.29, 0.717) is 18.4 Å². The summed E-state index contributed by atoms with van der Waals surface area (Å²) in [5, 5.41) is 20.1. The molecule has 2 aliphatic rings. The summed E-state index contributed by atoms with van der Waals surface area (Å²) in [4.78, 5) is 14.5. The number of β-lactam (4-membered cyclic amide) rings is 1. The van der Waals surface area contributed by atoms with E-state index in [2.05, 4.69) is 0 Å². The van der Waals surface area contributed by atoms with Gasteiger partial charge >= 0.3 is 0 Å². The summed E-state index contributed by atoms with van der Waals surface area (Å²) in [6.45, 7) is 3.80. The van der Waals surface area contributed by atoms with Gasteiger partial charge in [0.05, 0.1) is 18.1 Å². The van der Waals surface area contributed by atoms with Crippen molar-refractivity contribution in [3.8, 4) is 5.75 Å². The maximum absolute atomic E-state index is 13.3. The molecular weight excluding hydrogens is 357 g/mol. The molecule has 0 bridgehead atoms. The summed E-state index contributed by atoms with van der Waals surface area (Å²) in [7, 11) is 0. The third kappa shape index (κ3) is 4.09. The molecule has 0 radical (unpaired) electrons. The standard InChI is InChI=1S/C23H26FNO3/c1-3-15(2)25-22(17-8-11-19(26)12-9-17)20(23(25)28)13-14-21(27)16-5-4-6-18(24)10-7-16/h3-5,7-12,20-22,26-27H,6,13-14H2,1-2H3. The molecule has 3 unspecified atom stereocenters. The highest BCUT2D eigenvalue weighted by Crippen LogP contribution is 2.45. The van der Waals surface area contributed by atoms with E-state index in [9.17, 15) is 19.4 Å². The van der Waals surface area contributed by atoms with Gasteiger partial charge in [0.15, 0.2) is 0 Å². The molecule has 0 saturated carbocycles. The largest absolute Gasteiger partial charge is 0.508 e. The van der Waals surface area contributed by atoms with Gasteiger partial charge in [-0.2, -0.15) is 0 Å². The van der Waals surface area contributed by atoms with Crippen LogP contribution in [0, 0.1) is 5.92 Å². The lowest BCUT2D eigenvalue weighted by Crippen LogP contribution is -2.53. The van der Waals surface area contributed by atoms with Gasteiger partial charge in [-0.1, -0.05) is 36.4 Å². The van der Waals surface area contributed by atoms with E-state index in [0.717, 1.165) is 11.3 Å². The normalized spacial score (nSPS) is 23.6. The number of halogens is 1. The van der Waals surface area contributed by atoms with E-state index >= 15 is 0 Å². The number of likely N-dealkylation sites (tertiary alicyclic amines) is 1. The first kappa shape index (κ1) is 20.1. The molecule has 1 amide bonds. The van der Waals surface area contributed by atoms with Crippen LogP contribution < -0.4 is 0 Å². The Kier molecular flexibility index (Phi) is 6.15. The molecule has 1 fully saturated rings. The van der Waals surface area contributed by atoms with Crippen LogP contribution in [0.1, 0.15) is 44.7 Å². The van der Waals surface area contributed by atoms with Crippen LogP contribution in [0.3, 0.4) is 0 Å². The zero-order valence-electron chi connectivity index (χ0n) is 16.2. The number of aromatic hydroxyl groups is 1. The number of allylic oxidation sites excluding steroid dienone is 6. The Labute approximate surface area is 165 Å². The van der Waals surface area contributed by atoms with Gasteiger partial charge in [-0.25, -0.2) is 4.39 Å². The number of phenols is 1. The van der Waals surface area contributed by atoms with Crippen molar-refractivity contribution in [2.45, 2.75) is 45.3 Å². The fraction of sp³-hybridized carbons (Fsp3) is 0.348. The second kappa shape index (κ2) is 8.57. The predicted octanol–water partition coefficient (Wildman–Crippen LogP) is 4.70. The summed E-state index contributed by atoms with van der Waals surface area (Å²) in [5.74, 6) is -0.255. The van der Waals surface area contributed by atoms with Crippen molar-refractivity contribution in [1.82, 2.24) is 4.90 Å². The summed E-state index contributed by atoms with van der Waals surface area (Å²) in [6.07, 6.45) is 8.73. The topological polar surface area (TPSA) is 60.8 Å². The Bertz CT molecular complexity index is 851. The van der Waals surface area contributed by atoms with Gasteiger partial charge in [0.25, 0.3) is 0 Å². The zero-order valence-corrected chi connectivity index (χ0v) is 16.2. The predicted molar refractivity (Wildman–Crippen MR) is 107 cm³/mol. The van der Waals surface area contributed by atoms with Crippen LogP contribution in [0.4, 0.5) is 4.39 Å². The zero-order chi connectivity index (χ0) is 20.3. The fourth-order valence-corrected chi connectivity index (χ4v) is 3.76.